The monoisotopic (exact) mass is 545 g/mol. The highest BCUT2D eigenvalue weighted by Crippen LogP contribution is 2.33. The highest BCUT2D eigenvalue weighted by Gasteiger charge is 2.43. The van der Waals surface area contributed by atoms with Gasteiger partial charge in [-0.3, -0.25) is 24.1 Å². The quantitative estimate of drug-likeness (QED) is 0.252. The number of unbranched alkanes of at least 4 members (excludes halogenated alkanes) is 3. The molecule has 0 radical (unpaired) electrons. The molecule has 0 aromatic heterocycles. The second kappa shape index (κ2) is 14.4. The molecule has 1 aliphatic rings. The molecule has 0 bridgehead atoms. The zero-order valence-corrected chi connectivity index (χ0v) is 23.4. The standard InChI is InChI=1S/C28H39N3O8/c1-18(32)13-14-21(19(2)33)31-25(35)20-11-10-12-22(24(20)26(31)36)38-17-23(34)29-15-8-6-7-9-16-30-27(37)39-28(3,4)5/h10-12,21H,6-9,13-17H2,1-5H3,(H,29,34)(H,30,37). The van der Waals surface area contributed by atoms with Gasteiger partial charge in [0.25, 0.3) is 17.7 Å². The lowest BCUT2D eigenvalue weighted by atomic mass is 10.0. The third kappa shape index (κ3) is 9.81. The molecule has 4 amide bonds. The molecule has 11 nitrogen and oxygen atoms in total. The fourth-order valence-electron chi connectivity index (χ4n) is 4.06. The van der Waals surface area contributed by atoms with Crippen LogP contribution in [-0.2, 0) is 19.1 Å². The van der Waals surface area contributed by atoms with Crippen LogP contribution < -0.4 is 15.4 Å². The average Bonchev–Trinajstić information content (AvgIpc) is 3.08. The fraction of sp³-hybridized carbons (Fsp3) is 0.571. The molecule has 214 valence electrons. The summed E-state index contributed by atoms with van der Waals surface area (Å²) in [7, 11) is 0. The molecule has 1 unspecified atom stereocenters. The van der Waals surface area contributed by atoms with Gasteiger partial charge >= 0.3 is 6.09 Å². The molecule has 0 saturated carbocycles. The molecular formula is C28H39N3O8. The summed E-state index contributed by atoms with van der Waals surface area (Å²) in [5.74, 6) is -2.16. The third-order valence-electron chi connectivity index (χ3n) is 5.91. The second-order valence-corrected chi connectivity index (χ2v) is 10.5. The van der Waals surface area contributed by atoms with Gasteiger partial charge in [-0.15, -0.1) is 0 Å². The molecule has 11 heteroatoms. The fourth-order valence-corrected chi connectivity index (χ4v) is 4.06. The number of carbonyl (C=O) groups excluding carboxylic acids is 6. The number of amides is 4. The first-order valence-electron chi connectivity index (χ1n) is 13.2. The van der Waals surface area contributed by atoms with Crippen molar-refractivity contribution >= 4 is 35.4 Å². The van der Waals surface area contributed by atoms with Gasteiger partial charge in [0.15, 0.2) is 12.4 Å². The Morgan fingerprint density at radius 3 is 2.15 bits per heavy atom. The number of rotatable bonds is 15. The van der Waals surface area contributed by atoms with E-state index in [4.69, 9.17) is 9.47 Å². The Bertz CT molecular complexity index is 1090. The molecule has 0 aliphatic carbocycles. The average molecular weight is 546 g/mol. The summed E-state index contributed by atoms with van der Waals surface area (Å²) in [6.45, 7) is 8.67. The van der Waals surface area contributed by atoms with Gasteiger partial charge in [0.2, 0.25) is 0 Å². The van der Waals surface area contributed by atoms with Crippen LogP contribution in [0.25, 0.3) is 0 Å². The summed E-state index contributed by atoms with van der Waals surface area (Å²) < 4.78 is 10.8. The van der Waals surface area contributed by atoms with Gasteiger partial charge in [-0.05, 0) is 66.0 Å². The molecule has 39 heavy (non-hydrogen) atoms. The maximum Gasteiger partial charge on any atom is 0.407 e. The van der Waals surface area contributed by atoms with Crippen LogP contribution in [0.1, 0.15) is 93.9 Å². The van der Waals surface area contributed by atoms with Crippen molar-refractivity contribution in [3.05, 3.63) is 29.3 Å². The zero-order valence-electron chi connectivity index (χ0n) is 23.4. The number of benzene rings is 1. The Morgan fingerprint density at radius 1 is 0.923 bits per heavy atom. The minimum atomic E-state index is -1.05. The van der Waals surface area contributed by atoms with Gasteiger partial charge in [0, 0.05) is 19.5 Å². The third-order valence-corrected chi connectivity index (χ3v) is 5.91. The van der Waals surface area contributed by atoms with E-state index < -0.39 is 35.3 Å². The van der Waals surface area contributed by atoms with Crippen LogP contribution in [0.2, 0.25) is 0 Å². The predicted octanol–water partition coefficient (Wildman–Crippen LogP) is 3.19. The number of alkyl carbamates (subject to hydrolysis) is 1. The Kier molecular flexibility index (Phi) is 11.6. The van der Waals surface area contributed by atoms with E-state index in [1.807, 2.05) is 0 Å². The normalized spacial score (nSPS) is 13.5. The van der Waals surface area contributed by atoms with E-state index in [0.717, 1.165) is 30.6 Å². The van der Waals surface area contributed by atoms with Crippen molar-refractivity contribution in [1.29, 1.82) is 0 Å². The highest BCUT2D eigenvalue weighted by atomic mass is 16.6. The van der Waals surface area contributed by atoms with Crippen LogP contribution in [0.5, 0.6) is 5.75 Å². The molecule has 1 aromatic carbocycles. The van der Waals surface area contributed by atoms with Crippen molar-refractivity contribution in [2.45, 2.75) is 84.8 Å². The number of ether oxygens (including phenoxy) is 2. The van der Waals surface area contributed by atoms with E-state index >= 15 is 0 Å². The highest BCUT2D eigenvalue weighted by molar-refractivity contribution is 6.24. The topological polar surface area (TPSA) is 148 Å². The summed E-state index contributed by atoms with van der Waals surface area (Å²) in [5, 5.41) is 5.46. The predicted molar refractivity (Wildman–Crippen MR) is 143 cm³/mol. The van der Waals surface area contributed by atoms with Crippen molar-refractivity contribution in [2.24, 2.45) is 0 Å². The Balaban J connectivity index is 1.79. The summed E-state index contributed by atoms with van der Waals surface area (Å²) in [5.41, 5.74) is -0.437. The van der Waals surface area contributed by atoms with Gasteiger partial charge in [0.1, 0.15) is 17.1 Å². The number of hydrogen-bond donors (Lipinski definition) is 2. The number of Topliss-reactive ketones (excluding diaryl/α,β-unsaturated/α-hetero) is 2. The largest absolute Gasteiger partial charge is 0.483 e. The second-order valence-electron chi connectivity index (χ2n) is 10.5. The van der Waals surface area contributed by atoms with Crippen LogP contribution in [-0.4, -0.2) is 71.6 Å². The molecule has 2 rings (SSSR count). The first-order valence-corrected chi connectivity index (χ1v) is 13.2. The minimum Gasteiger partial charge on any atom is -0.483 e. The Morgan fingerprint density at radius 2 is 1.56 bits per heavy atom. The number of ketones is 2. The molecule has 2 N–H and O–H groups in total. The Hall–Kier alpha value is -3.76. The van der Waals surface area contributed by atoms with Crippen molar-refractivity contribution in [3.63, 3.8) is 0 Å². The number of carbonyl (C=O) groups is 6. The van der Waals surface area contributed by atoms with E-state index in [1.165, 1.54) is 32.0 Å². The van der Waals surface area contributed by atoms with E-state index in [1.54, 1.807) is 20.8 Å². The number of fused-ring (bicyclic) bond motifs is 1. The lowest BCUT2D eigenvalue weighted by Crippen LogP contribution is -2.44. The molecule has 0 saturated heterocycles. The summed E-state index contributed by atoms with van der Waals surface area (Å²) >= 11 is 0. The Labute approximate surface area is 229 Å². The molecule has 1 aromatic rings. The van der Waals surface area contributed by atoms with Crippen LogP contribution in [0.4, 0.5) is 4.79 Å². The van der Waals surface area contributed by atoms with Gasteiger partial charge in [-0.2, -0.15) is 0 Å². The van der Waals surface area contributed by atoms with Crippen LogP contribution >= 0.6 is 0 Å². The molecule has 0 spiro atoms. The van der Waals surface area contributed by atoms with Gasteiger partial charge in [0.05, 0.1) is 17.2 Å². The van der Waals surface area contributed by atoms with Gasteiger partial charge < -0.3 is 24.9 Å². The summed E-state index contributed by atoms with van der Waals surface area (Å²) in [4.78, 5) is 74.4. The number of imide groups is 1. The molecular weight excluding hydrogens is 506 g/mol. The number of hydrogen-bond acceptors (Lipinski definition) is 8. The van der Waals surface area contributed by atoms with E-state index in [-0.39, 0.29) is 48.0 Å². The lowest BCUT2D eigenvalue weighted by Gasteiger charge is -2.23. The van der Waals surface area contributed by atoms with Crippen LogP contribution in [0.3, 0.4) is 0 Å². The van der Waals surface area contributed by atoms with E-state index in [0.29, 0.717) is 13.1 Å². The van der Waals surface area contributed by atoms with Gasteiger partial charge in [-0.25, -0.2) is 4.79 Å². The van der Waals surface area contributed by atoms with Crippen molar-refractivity contribution in [3.8, 4) is 5.75 Å². The maximum absolute atomic E-state index is 13.1. The lowest BCUT2D eigenvalue weighted by molar-refractivity contribution is -0.123. The van der Waals surface area contributed by atoms with Gasteiger partial charge in [-0.1, -0.05) is 18.9 Å². The van der Waals surface area contributed by atoms with Crippen LogP contribution in [0.15, 0.2) is 18.2 Å². The van der Waals surface area contributed by atoms with Crippen molar-refractivity contribution in [2.75, 3.05) is 19.7 Å². The number of nitrogens with one attached hydrogen (secondary N) is 2. The number of nitrogens with zero attached hydrogens (tertiary/aromatic N) is 1. The van der Waals surface area contributed by atoms with Crippen LogP contribution in [0, 0.1) is 0 Å². The van der Waals surface area contributed by atoms with E-state index in [9.17, 15) is 28.8 Å². The first kappa shape index (κ1) is 31.5. The van der Waals surface area contributed by atoms with Crippen molar-refractivity contribution in [1.82, 2.24) is 15.5 Å². The summed E-state index contributed by atoms with van der Waals surface area (Å²) in [6, 6.07) is 3.44. The van der Waals surface area contributed by atoms with Crippen molar-refractivity contribution < 1.29 is 38.2 Å². The minimum absolute atomic E-state index is 0.00404. The smallest absolute Gasteiger partial charge is 0.407 e. The molecule has 1 aliphatic heterocycles. The zero-order chi connectivity index (χ0) is 29.2. The SMILES string of the molecule is CC(=O)CCC(C(C)=O)N1C(=O)c2cccc(OCC(=O)NCCCCCCNC(=O)OC(C)(C)C)c2C1=O. The molecule has 0 fully saturated rings. The van der Waals surface area contributed by atoms with E-state index in [2.05, 4.69) is 10.6 Å². The molecule has 1 atom stereocenters. The maximum atomic E-state index is 13.1. The summed E-state index contributed by atoms with van der Waals surface area (Å²) in [6.07, 6.45) is 2.93. The molecule has 1 heterocycles. The first-order chi connectivity index (χ1) is 18.3.